The van der Waals surface area contributed by atoms with Crippen LogP contribution in [0.3, 0.4) is 0 Å². The van der Waals surface area contributed by atoms with Gasteiger partial charge in [0.05, 0.1) is 13.2 Å². The Morgan fingerprint density at radius 2 is 1.65 bits per heavy atom. The standard InChI is InChI=1S/C15H25NO4/c1-12-4-3-5-13(2)15(12)20-11-14(19)10-16(6-8-17)7-9-18/h3-5,14,17-19H,6-11H2,1-2H3/t14-/m1/s1. The fourth-order valence-corrected chi connectivity index (χ4v) is 2.13. The second-order valence-electron chi connectivity index (χ2n) is 4.93. The fraction of sp³-hybridized carbons (Fsp3) is 0.600. The first-order valence-corrected chi connectivity index (χ1v) is 6.89. The average molecular weight is 283 g/mol. The Labute approximate surface area is 120 Å². The Bertz CT molecular complexity index is 371. The molecule has 0 spiro atoms. The van der Waals surface area contributed by atoms with Gasteiger partial charge in [0.15, 0.2) is 0 Å². The highest BCUT2D eigenvalue weighted by Crippen LogP contribution is 2.22. The highest BCUT2D eigenvalue weighted by atomic mass is 16.5. The number of nitrogens with zero attached hydrogens (tertiary/aromatic N) is 1. The number of hydrogen-bond acceptors (Lipinski definition) is 5. The summed E-state index contributed by atoms with van der Waals surface area (Å²) in [6.07, 6.45) is -0.660. The third-order valence-corrected chi connectivity index (χ3v) is 3.13. The van der Waals surface area contributed by atoms with E-state index < -0.39 is 6.10 Å². The largest absolute Gasteiger partial charge is 0.490 e. The number of rotatable bonds is 9. The van der Waals surface area contributed by atoms with Crippen LogP contribution in [0.5, 0.6) is 5.75 Å². The van der Waals surface area contributed by atoms with Crippen molar-refractivity contribution < 1.29 is 20.1 Å². The molecule has 0 fully saturated rings. The van der Waals surface area contributed by atoms with E-state index in [1.165, 1.54) is 0 Å². The minimum absolute atomic E-state index is 0.00444. The Kier molecular flexibility index (Phi) is 7.54. The van der Waals surface area contributed by atoms with Gasteiger partial charge in [-0.25, -0.2) is 0 Å². The summed E-state index contributed by atoms with van der Waals surface area (Å²) in [6.45, 7) is 5.37. The fourth-order valence-electron chi connectivity index (χ4n) is 2.13. The van der Waals surface area contributed by atoms with Gasteiger partial charge in [-0.2, -0.15) is 0 Å². The molecule has 0 aromatic heterocycles. The third-order valence-electron chi connectivity index (χ3n) is 3.13. The number of aliphatic hydroxyl groups excluding tert-OH is 3. The summed E-state index contributed by atoms with van der Waals surface area (Å²) >= 11 is 0. The Hall–Kier alpha value is -1.14. The van der Waals surface area contributed by atoms with Crippen LogP contribution in [0.1, 0.15) is 11.1 Å². The monoisotopic (exact) mass is 283 g/mol. The van der Waals surface area contributed by atoms with Gasteiger partial charge < -0.3 is 20.1 Å². The number of para-hydroxylation sites is 1. The van der Waals surface area contributed by atoms with Crippen molar-refractivity contribution in [3.05, 3.63) is 29.3 Å². The van der Waals surface area contributed by atoms with E-state index in [1.807, 2.05) is 32.0 Å². The minimum Gasteiger partial charge on any atom is -0.490 e. The van der Waals surface area contributed by atoms with Crippen molar-refractivity contribution in [1.82, 2.24) is 4.90 Å². The number of benzene rings is 1. The number of aryl methyl sites for hydroxylation is 2. The second-order valence-corrected chi connectivity index (χ2v) is 4.93. The molecule has 0 aliphatic heterocycles. The molecule has 0 aliphatic rings. The molecule has 0 saturated heterocycles. The molecule has 1 aromatic carbocycles. The molecular weight excluding hydrogens is 258 g/mol. The molecule has 5 heteroatoms. The first kappa shape index (κ1) is 16.9. The summed E-state index contributed by atoms with van der Waals surface area (Å²) in [4.78, 5) is 1.80. The van der Waals surface area contributed by atoms with Crippen LogP contribution in [-0.2, 0) is 0 Å². The number of aliphatic hydroxyl groups is 3. The molecule has 5 nitrogen and oxygen atoms in total. The molecule has 0 unspecified atom stereocenters. The highest BCUT2D eigenvalue weighted by Gasteiger charge is 2.13. The molecule has 0 saturated carbocycles. The van der Waals surface area contributed by atoms with Crippen LogP contribution in [0.4, 0.5) is 0 Å². The Morgan fingerprint density at radius 1 is 1.10 bits per heavy atom. The van der Waals surface area contributed by atoms with Gasteiger partial charge in [-0.3, -0.25) is 4.90 Å². The first-order valence-electron chi connectivity index (χ1n) is 6.89. The van der Waals surface area contributed by atoms with E-state index in [0.717, 1.165) is 16.9 Å². The van der Waals surface area contributed by atoms with Crippen LogP contribution in [0.2, 0.25) is 0 Å². The van der Waals surface area contributed by atoms with Gasteiger partial charge >= 0.3 is 0 Å². The SMILES string of the molecule is Cc1cccc(C)c1OC[C@H](O)CN(CCO)CCO. The van der Waals surface area contributed by atoms with Crippen LogP contribution in [0, 0.1) is 13.8 Å². The van der Waals surface area contributed by atoms with Gasteiger partial charge in [0.25, 0.3) is 0 Å². The molecule has 1 atom stereocenters. The second kappa shape index (κ2) is 8.92. The molecule has 0 heterocycles. The summed E-state index contributed by atoms with van der Waals surface area (Å²) in [5.74, 6) is 0.808. The molecule has 1 rings (SSSR count). The topological polar surface area (TPSA) is 73.2 Å². The van der Waals surface area contributed by atoms with Gasteiger partial charge in [0.2, 0.25) is 0 Å². The van der Waals surface area contributed by atoms with E-state index in [1.54, 1.807) is 4.90 Å². The maximum Gasteiger partial charge on any atom is 0.125 e. The van der Waals surface area contributed by atoms with Gasteiger partial charge in [-0.15, -0.1) is 0 Å². The zero-order valence-corrected chi connectivity index (χ0v) is 12.2. The van der Waals surface area contributed by atoms with Gasteiger partial charge in [0, 0.05) is 19.6 Å². The predicted molar refractivity (Wildman–Crippen MR) is 78.0 cm³/mol. The number of ether oxygens (including phenoxy) is 1. The van der Waals surface area contributed by atoms with E-state index in [0.29, 0.717) is 19.6 Å². The van der Waals surface area contributed by atoms with Crippen molar-refractivity contribution in [2.24, 2.45) is 0 Å². The summed E-state index contributed by atoms with van der Waals surface area (Å²) in [5.41, 5.74) is 2.08. The van der Waals surface area contributed by atoms with Crippen molar-refractivity contribution in [1.29, 1.82) is 0 Å². The molecule has 114 valence electrons. The molecule has 20 heavy (non-hydrogen) atoms. The van der Waals surface area contributed by atoms with Crippen molar-refractivity contribution >= 4 is 0 Å². The van der Waals surface area contributed by atoms with Gasteiger partial charge in [0.1, 0.15) is 18.5 Å². The summed E-state index contributed by atoms with van der Waals surface area (Å²) in [6, 6.07) is 5.91. The maximum atomic E-state index is 9.99. The quantitative estimate of drug-likeness (QED) is 0.609. The molecule has 0 aliphatic carbocycles. The van der Waals surface area contributed by atoms with E-state index in [4.69, 9.17) is 14.9 Å². The van der Waals surface area contributed by atoms with Crippen LogP contribution < -0.4 is 4.74 Å². The van der Waals surface area contributed by atoms with Crippen molar-refractivity contribution in [3.63, 3.8) is 0 Å². The maximum absolute atomic E-state index is 9.99. The van der Waals surface area contributed by atoms with Crippen LogP contribution >= 0.6 is 0 Å². The van der Waals surface area contributed by atoms with E-state index in [-0.39, 0.29) is 19.8 Å². The van der Waals surface area contributed by atoms with Crippen LogP contribution in [-0.4, -0.2) is 65.8 Å². The lowest BCUT2D eigenvalue weighted by Gasteiger charge is -2.24. The zero-order chi connectivity index (χ0) is 15.0. The molecule has 0 bridgehead atoms. The van der Waals surface area contributed by atoms with Crippen LogP contribution in [0.25, 0.3) is 0 Å². The lowest BCUT2D eigenvalue weighted by Crippen LogP contribution is -2.39. The van der Waals surface area contributed by atoms with Crippen LogP contribution in [0.15, 0.2) is 18.2 Å². The van der Waals surface area contributed by atoms with Gasteiger partial charge in [-0.05, 0) is 25.0 Å². The normalized spacial score (nSPS) is 12.7. The summed E-state index contributed by atoms with van der Waals surface area (Å²) in [5, 5.41) is 27.8. The molecule has 1 aromatic rings. The average Bonchev–Trinajstić information content (AvgIpc) is 2.38. The van der Waals surface area contributed by atoms with Gasteiger partial charge in [-0.1, -0.05) is 18.2 Å². The summed E-state index contributed by atoms with van der Waals surface area (Å²) < 4.78 is 5.68. The minimum atomic E-state index is -0.660. The lowest BCUT2D eigenvalue weighted by molar-refractivity contribution is 0.0549. The van der Waals surface area contributed by atoms with E-state index in [2.05, 4.69) is 0 Å². The smallest absolute Gasteiger partial charge is 0.125 e. The van der Waals surface area contributed by atoms with Crippen molar-refractivity contribution in [2.75, 3.05) is 39.5 Å². The highest BCUT2D eigenvalue weighted by molar-refractivity contribution is 5.39. The molecular formula is C15H25NO4. The van der Waals surface area contributed by atoms with Crippen molar-refractivity contribution in [2.45, 2.75) is 20.0 Å². The van der Waals surface area contributed by atoms with E-state index in [9.17, 15) is 5.11 Å². The molecule has 3 N–H and O–H groups in total. The number of hydrogen-bond donors (Lipinski definition) is 3. The molecule has 0 amide bonds. The third kappa shape index (κ3) is 5.46. The first-order chi connectivity index (χ1) is 9.58. The Balaban J connectivity index is 2.48. The van der Waals surface area contributed by atoms with E-state index >= 15 is 0 Å². The predicted octanol–water partition coefficient (Wildman–Crippen LogP) is 0.330. The summed E-state index contributed by atoms with van der Waals surface area (Å²) in [7, 11) is 0. The molecule has 0 radical (unpaired) electrons. The Morgan fingerprint density at radius 3 is 2.15 bits per heavy atom. The lowest BCUT2D eigenvalue weighted by atomic mass is 10.1. The van der Waals surface area contributed by atoms with Crippen molar-refractivity contribution in [3.8, 4) is 5.75 Å². The zero-order valence-electron chi connectivity index (χ0n) is 12.2.